The van der Waals surface area contributed by atoms with E-state index in [1.807, 2.05) is 30.3 Å². The SMILES string of the molecule is Nc1ccc([S+]([O-])c2ccccc2)cn1. The van der Waals surface area contributed by atoms with Crippen molar-refractivity contribution in [3.05, 3.63) is 48.7 Å². The number of hydrogen-bond acceptors (Lipinski definition) is 3. The van der Waals surface area contributed by atoms with Gasteiger partial charge in [-0.3, -0.25) is 0 Å². The molecule has 1 unspecified atom stereocenters. The third-order valence-electron chi connectivity index (χ3n) is 1.93. The Morgan fingerprint density at radius 1 is 1.00 bits per heavy atom. The van der Waals surface area contributed by atoms with Crippen LogP contribution in [0.3, 0.4) is 0 Å². The molecule has 0 aliphatic rings. The Morgan fingerprint density at radius 2 is 1.73 bits per heavy atom. The number of rotatable bonds is 2. The maximum atomic E-state index is 12.0. The quantitative estimate of drug-likeness (QED) is 0.782. The molecule has 0 spiro atoms. The maximum absolute atomic E-state index is 12.0. The van der Waals surface area contributed by atoms with Gasteiger partial charge in [0.15, 0.2) is 9.79 Å². The Kier molecular flexibility index (Phi) is 2.89. The van der Waals surface area contributed by atoms with Crippen LogP contribution in [0.4, 0.5) is 5.82 Å². The minimum Gasteiger partial charge on any atom is -0.606 e. The molecule has 15 heavy (non-hydrogen) atoms. The van der Waals surface area contributed by atoms with Crippen LogP contribution in [0.2, 0.25) is 0 Å². The monoisotopic (exact) mass is 218 g/mol. The van der Waals surface area contributed by atoms with E-state index in [1.165, 1.54) is 0 Å². The smallest absolute Gasteiger partial charge is 0.176 e. The first-order valence-electron chi connectivity index (χ1n) is 4.46. The van der Waals surface area contributed by atoms with E-state index in [1.54, 1.807) is 18.3 Å². The molecule has 76 valence electrons. The van der Waals surface area contributed by atoms with Gasteiger partial charge in [0.05, 0.1) is 6.20 Å². The molecule has 1 aromatic carbocycles. The minimum absolute atomic E-state index is 0.434. The van der Waals surface area contributed by atoms with Crippen LogP contribution in [-0.4, -0.2) is 9.54 Å². The van der Waals surface area contributed by atoms with Crippen molar-refractivity contribution in [3.8, 4) is 0 Å². The maximum Gasteiger partial charge on any atom is 0.176 e. The molecule has 0 saturated carbocycles. The number of hydrogen-bond donors (Lipinski definition) is 1. The fraction of sp³-hybridized carbons (Fsp3) is 0. The van der Waals surface area contributed by atoms with Gasteiger partial charge in [-0.15, -0.1) is 0 Å². The summed E-state index contributed by atoms with van der Waals surface area (Å²) in [7, 11) is 0. The number of pyridine rings is 1. The first-order chi connectivity index (χ1) is 7.27. The van der Waals surface area contributed by atoms with Crippen molar-refractivity contribution in [2.24, 2.45) is 0 Å². The number of aromatic nitrogens is 1. The molecule has 3 nitrogen and oxygen atoms in total. The Morgan fingerprint density at radius 3 is 2.33 bits per heavy atom. The number of nitrogen functional groups attached to an aromatic ring is 1. The zero-order chi connectivity index (χ0) is 10.7. The lowest BCUT2D eigenvalue weighted by atomic mass is 10.4. The highest BCUT2D eigenvalue weighted by molar-refractivity contribution is 7.91. The average Bonchev–Trinajstić information content (AvgIpc) is 2.30. The Balaban J connectivity index is 2.29. The molecular formula is C11H10N2OS. The largest absolute Gasteiger partial charge is 0.606 e. The van der Waals surface area contributed by atoms with E-state index in [4.69, 9.17) is 5.73 Å². The van der Waals surface area contributed by atoms with Gasteiger partial charge in [0, 0.05) is 11.2 Å². The van der Waals surface area contributed by atoms with Gasteiger partial charge in [-0.2, -0.15) is 0 Å². The summed E-state index contributed by atoms with van der Waals surface area (Å²) in [4.78, 5) is 5.34. The highest BCUT2D eigenvalue weighted by Gasteiger charge is 2.13. The second-order valence-electron chi connectivity index (χ2n) is 3.00. The fourth-order valence-electron chi connectivity index (χ4n) is 1.18. The van der Waals surface area contributed by atoms with E-state index in [0.29, 0.717) is 10.7 Å². The summed E-state index contributed by atoms with van der Waals surface area (Å²) in [6, 6.07) is 12.6. The molecule has 1 heterocycles. The van der Waals surface area contributed by atoms with Gasteiger partial charge in [-0.25, -0.2) is 4.98 Å². The van der Waals surface area contributed by atoms with Crippen LogP contribution >= 0.6 is 0 Å². The first-order valence-corrected chi connectivity index (χ1v) is 5.61. The summed E-state index contributed by atoms with van der Waals surface area (Å²) in [5.41, 5.74) is 5.46. The van der Waals surface area contributed by atoms with Crippen LogP contribution < -0.4 is 5.73 Å². The number of benzene rings is 1. The fourth-order valence-corrected chi connectivity index (χ4v) is 2.20. The zero-order valence-corrected chi connectivity index (χ0v) is 8.78. The van der Waals surface area contributed by atoms with Crippen LogP contribution in [0, 0.1) is 0 Å². The molecule has 0 saturated heterocycles. The summed E-state index contributed by atoms with van der Waals surface area (Å²) in [5.74, 6) is 0.434. The first kappa shape index (κ1) is 10.0. The van der Waals surface area contributed by atoms with Crippen molar-refractivity contribution < 1.29 is 4.55 Å². The van der Waals surface area contributed by atoms with Crippen LogP contribution in [0.1, 0.15) is 0 Å². The van der Waals surface area contributed by atoms with Gasteiger partial charge in [-0.05, 0) is 24.3 Å². The Labute approximate surface area is 91.1 Å². The molecule has 0 amide bonds. The molecular weight excluding hydrogens is 208 g/mol. The average molecular weight is 218 g/mol. The highest BCUT2D eigenvalue weighted by Crippen LogP contribution is 2.19. The molecule has 4 heteroatoms. The molecule has 1 atom stereocenters. The van der Waals surface area contributed by atoms with Crippen molar-refractivity contribution in [1.82, 2.24) is 4.98 Å². The molecule has 0 aliphatic carbocycles. The van der Waals surface area contributed by atoms with Gasteiger partial charge in [0.2, 0.25) is 0 Å². The van der Waals surface area contributed by atoms with E-state index < -0.39 is 11.2 Å². The van der Waals surface area contributed by atoms with Gasteiger partial charge >= 0.3 is 0 Å². The Hall–Kier alpha value is -1.52. The van der Waals surface area contributed by atoms with Crippen molar-refractivity contribution in [1.29, 1.82) is 0 Å². The second-order valence-corrected chi connectivity index (χ2v) is 4.48. The van der Waals surface area contributed by atoms with Crippen molar-refractivity contribution in [2.45, 2.75) is 9.79 Å². The number of anilines is 1. The van der Waals surface area contributed by atoms with Crippen LogP contribution in [0.15, 0.2) is 58.5 Å². The third kappa shape index (κ3) is 2.29. The van der Waals surface area contributed by atoms with Crippen molar-refractivity contribution in [3.63, 3.8) is 0 Å². The molecule has 0 aliphatic heterocycles. The lowest BCUT2D eigenvalue weighted by molar-refractivity contribution is 0.594. The van der Waals surface area contributed by atoms with Gasteiger partial charge < -0.3 is 10.3 Å². The van der Waals surface area contributed by atoms with E-state index in [-0.39, 0.29) is 0 Å². The van der Waals surface area contributed by atoms with Gasteiger partial charge in [0.25, 0.3) is 0 Å². The van der Waals surface area contributed by atoms with Crippen LogP contribution in [-0.2, 0) is 11.2 Å². The third-order valence-corrected chi connectivity index (χ3v) is 3.30. The summed E-state index contributed by atoms with van der Waals surface area (Å²) in [5, 5.41) is 0. The number of nitrogens with two attached hydrogens (primary N) is 1. The highest BCUT2D eigenvalue weighted by atomic mass is 32.2. The van der Waals surface area contributed by atoms with Crippen LogP contribution in [0.25, 0.3) is 0 Å². The number of nitrogens with zero attached hydrogens (tertiary/aromatic N) is 1. The summed E-state index contributed by atoms with van der Waals surface area (Å²) >= 11 is -1.17. The minimum atomic E-state index is -1.17. The summed E-state index contributed by atoms with van der Waals surface area (Å²) < 4.78 is 12.0. The molecule has 0 fully saturated rings. The lowest BCUT2D eigenvalue weighted by Crippen LogP contribution is -2.02. The normalized spacial score (nSPS) is 12.3. The molecule has 2 N–H and O–H groups in total. The van der Waals surface area contributed by atoms with Crippen molar-refractivity contribution >= 4 is 17.0 Å². The Bertz CT molecular complexity index is 430. The molecule has 1 aromatic heterocycles. The standard InChI is InChI=1S/C11H10N2OS/c12-11-7-6-10(8-13-11)15(14)9-4-2-1-3-5-9/h1-8H,(H2,12,13). The van der Waals surface area contributed by atoms with Crippen LogP contribution in [0.5, 0.6) is 0 Å². The predicted molar refractivity (Wildman–Crippen MR) is 59.8 cm³/mol. The van der Waals surface area contributed by atoms with E-state index in [9.17, 15) is 4.55 Å². The molecule has 0 radical (unpaired) electrons. The lowest BCUT2D eigenvalue weighted by Gasteiger charge is -2.08. The summed E-state index contributed by atoms with van der Waals surface area (Å²) in [6.45, 7) is 0. The predicted octanol–water partition coefficient (Wildman–Crippen LogP) is 1.83. The molecule has 0 bridgehead atoms. The van der Waals surface area contributed by atoms with E-state index >= 15 is 0 Å². The molecule has 2 rings (SSSR count). The zero-order valence-electron chi connectivity index (χ0n) is 7.96. The molecule has 2 aromatic rings. The van der Waals surface area contributed by atoms with E-state index in [2.05, 4.69) is 4.98 Å². The second kappa shape index (κ2) is 4.33. The topological polar surface area (TPSA) is 62.0 Å². The van der Waals surface area contributed by atoms with E-state index in [0.717, 1.165) is 4.90 Å². The van der Waals surface area contributed by atoms with Gasteiger partial charge in [0.1, 0.15) is 5.82 Å². The summed E-state index contributed by atoms with van der Waals surface area (Å²) in [6.07, 6.45) is 1.54. The van der Waals surface area contributed by atoms with Crippen molar-refractivity contribution in [2.75, 3.05) is 5.73 Å². The van der Waals surface area contributed by atoms with Gasteiger partial charge in [-0.1, -0.05) is 18.2 Å².